The topological polar surface area (TPSA) is 73.9 Å². The molecule has 0 radical (unpaired) electrons. The molecule has 6 heteroatoms. The van der Waals surface area contributed by atoms with Gasteiger partial charge in [0.1, 0.15) is 18.3 Å². The van der Waals surface area contributed by atoms with Crippen molar-refractivity contribution in [3.8, 4) is 11.1 Å². The average Bonchev–Trinajstić information content (AvgIpc) is 3.68. The molecule has 1 aliphatic rings. The van der Waals surface area contributed by atoms with Crippen LogP contribution >= 0.6 is 0 Å². The first kappa shape index (κ1) is 46.7. The van der Waals surface area contributed by atoms with Crippen molar-refractivity contribution >= 4 is 12.1 Å². The van der Waals surface area contributed by atoms with Gasteiger partial charge in [0.25, 0.3) is 0 Å². The minimum Gasteiger partial charge on any atom is -0.452 e. The smallest absolute Gasteiger partial charge is 0.407 e. The quantitative estimate of drug-likeness (QED) is 0.0268. The predicted octanol–water partition coefficient (Wildman–Crippen LogP) is 14.4. The number of rotatable bonds is 25. The van der Waals surface area contributed by atoms with Crippen molar-refractivity contribution in [1.82, 2.24) is 5.32 Å². The summed E-state index contributed by atoms with van der Waals surface area (Å²) in [5.41, 5.74) is 6.64. The van der Waals surface area contributed by atoms with E-state index >= 15 is 0 Å². The molecule has 336 valence electrons. The Balaban J connectivity index is 1.15. The molecule has 0 aliphatic heterocycles. The van der Waals surface area contributed by atoms with Crippen LogP contribution in [0, 0.1) is 0 Å². The molecule has 0 heterocycles. The summed E-state index contributed by atoms with van der Waals surface area (Å²) in [6.07, 6.45) is 17.2. The number of esters is 1. The van der Waals surface area contributed by atoms with Crippen molar-refractivity contribution in [1.29, 1.82) is 0 Å². The summed E-state index contributed by atoms with van der Waals surface area (Å²) in [5.74, 6) is -0.614. The highest BCUT2D eigenvalue weighted by molar-refractivity contribution is 5.89. The Morgan fingerprint density at radius 3 is 1.52 bits per heavy atom. The third-order valence-corrected chi connectivity index (χ3v) is 12.6. The standard InChI is InChI=1S/C59H65NO5/c1-2-3-4-5-6-7-8-9-10-11-12-13-26-43-56(65-57(61)46-31-18-14-19-32-46)55(60-58(62)63-44-54-52-41-29-27-39-50(52)51-40-28-30-42-53(51)54)45-64-59(47-33-20-15-21-34-47,48-35-22-16-23-36-48)49-37-24-17-25-38-49/h14-43,54-56H,2-13,44-45H2,1H3,(H,60,62)/t55-,56?/m1/s1. The third-order valence-electron chi connectivity index (χ3n) is 12.6. The Bertz CT molecular complexity index is 2220. The number of amides is 1. The molecule has 1 unspecified atom stereocenters. The average molecular weight is 868 g/mol. The van der Waals surface area contributed by atoms with Gasteiger partial charge in [-0.15, -0.1) is 0 Å². The van der Waals surface area contributed by atoms with E-state index in [0.29, 0.717) is 5.56 Å². The summed E-state index contributed by atoms with van der Waals surface area (Å²) in [7, 11) is 0. The van der Waals surface area contributed by atoms with Crippen molar-refractivity contribution in [3.63, 3.8) is 0 Å². The van der Waals surface area contributed by atoms with Gasteiger partial charge in [-0.1, -0.05) is 235 Å². The van der Waals surface area contributed by atoms with E-state index in [2.05, 4.69) is 79.0 Å². The molecule has 0 aromatic heterocycles. The zero-order valence-electron chi connectivity index (χ0n) is 38.0. The van der Waals surface area contributed by atoms with E-state index in [1.165, 1.54) is 57.8 Å². The second-order valence-electron chi connectivity index (χ2n) is 17.2. The lowest BCUT2D eigenvalue weighted by Gasteiger charge is -2.38. The lowest BCUT2D eigenvalue weighted by molar-refractivity contribution is -0.0244. The van der Waals surface area contributed by atoms with Gasteiger partial charge in [-0.05, 0) is 70.0 Å². The van der Waals surface area contributed by atoms with Crippen molar-refractivity contribution in [2.45, 2.75) is 108 Å². The van der Waals surface area contributed by atoms with Gasteiger partial charge >= 0.3 is 12.1 Å². The predicted molar refractivity (Wildman–Crippen MR) is 263 cm³/mol. The number of nitrogens with one attached hydrogen (secondary N) is 1. The van der Waals surface area contributed by atoms with Gasteiger partial charge in [-0.2, -0.15) is 0 Å². The molecular weight excluding hydrogens is 803 g/mol. The molecule has 0 fully saturated rings. The molecule has 0 bridgehead atoms. The summed E-state index contributed by atoms with van der Waals surface area (Å²) >= 11 is 0. The number of carbonyl (C=O) groups excluding carboxylic acids is 2. The van der Waals surface area contributed by atoms with Crippen LogP contribution in [-0.2, 0) is 19.8 Å². The van der Waals surface area contributed by atoms with Crippen LogP contribution in [0.4, 0.5) is 4.79 Å². The number of hydrogen-bond acceptors (Lipinski definition) is 5. The summed E-state index contributed by atoms with van der Waals surface area (Å²) in [5, 5.41) is 3.15. The second-order valence-corrected chi connectivity index (χ2v) is 17.2. The molecule has 6 nitrogen and oxygen atoms in total. The molecule has 0 saturated carbocycles. The highest BCUT2D eigenvalue weighted by atomic mass is 16.6. The monoisotopic (exact) mass is 867 g/mol. The van der Waals surface area contributed by atoms with Crippen LogP contribution in [0.5, 0.6) is 0 Å². The van der Waals surface area contributed by atoms with E-state index in [-0.39, 0.29) is 19.1 Å². The number of carbonyl (C=O) groups is 2. The van der Waals surface area contributed by atoms with E-state index < -0.39 is 29.8 Å². The molecule has 6 aromatic carbocycles. The fourth-order valence-electron chi connectivity index (χ4n) is 9.17. The molecule has 0 spiro atoms. The van der Waals surface area contributed by atoms with Gasteiger partial charge in [0.15, 0.2) is 0 Å². The lowest BCUT2D eigenvalue weighted by atomic mass is 9.80. The van der Waals surface area contributed by atoms with Crippen molar-refractivity contribution in [2.24, 2.45) is 0 Å². The first-order valence-corrected chi connectivity index (χ1v) is 23.9. The maximum atomic E-state index is 14.3. The zero-order chi connectivity index (χ0) is 44.9. The van der Waals surface area contributed by atoms with Crippen molar-refractivity contribution < 1.29 is 23.8 Å². The molecule has 6 aromatic rings. The number of unbranched alkanes of at least 4 members (excludes halogenated alkanes) is 11. The fraction of sp³-hybridized carbons (Fsp3) is 0.322. The zero-order valence-corrected chi connectivity index (χ0v) is 38.0. The van der Waals surface area contributed by atoms with Crippen LogP contribution in [0.2, 0.25) is 0 Å². The van der Waals surface area contributed by atoms with Gasteiger partial charge in [0.05, 0.1) is 18.2 Å². The fourth-order valence-corrected chi connectivity index (χ4v) is 9.17. The highest BCUT2D eigenvalue weighted by Crippen LogP contribution is 2.45. The molecule has 2 atom stereocenters. The largest absolute Gasteiger partial charge is 0.452 e. The minimum atomic E-state index is -1.09. The van der Waals surface area contributed by atoms with E-state index in [9.17, 15) is 9.59 Å². The molecule has 1 N–H and O–H groups in total. The molecular formula is C59H65NO5. The van der Waals surface area contributed by atoms with Crippen LogP contribution in [0.15, 0.2) is 182 Å². The number of allylic oxidation sites excluding steroid dienone is 1. The summed E-state index contributed by atoms with van der Waals surface area (Å²) < 4.78 is 19.8. The highest BCUT2D eigenvalue weighted by Gasteiger charge is 2.40. The van der Waals surface area contributed by atoms with Gasteiger partial charge in [-0.3, -0.25) is 0 Å². The molecule has 7 rings (SSSR count). The van der Waals surface area contributed by atoms with Gasteiger partial charge in [-0.25, -0.2) is 9.59 Å². The van der Waals surface area contributed by atoms with Gasteiger partial charge in [0.2, 0.25) is 0 Å². The molecule has 1 amide bonds. The number of fused-ring (bicyclic) bond motifs is 3. The maximum absolute atomic E-state index is 14.3. The van der Waals surface area contributed by atoms with Crippen LogP contribution in [0.3, 0.4) is 0 Å². The Kier molecular flexibility index (Phi) is 17.8. The van der Waals surface area contributed by atoms with Crippen molar-refractivity contribution in [2.75, 3.05) is 13.2 Å². The van der Waals surface area contributed by atoms with Gasteiger partial charge < -0.3 is 19.5 Å². The van der Waals surface area contributed by atoms with Crippen LogP contribution in [-0.4, -0.2) is 37.4 Å². The van der Waals surface area contributed by atoms with E-state index in [1.54, 1.807) is 12.1 Å². The Morgan fingerprint density at radius 1 is 0.569 bits per heavy atom. The SMILES string of the molecule is CCCCCCCCCCCCCC=CC(OC(=O)c1ccccc1)[C@@H](COC(c1ccccc1)(c1ccccc1)c1ccccc1)NC(=O)OCC1c2ccccc2-c2ccccc21. The molecule has 65 heavy (non-hydrogen) atoms. The normalized spacial score (nSPS) is 13.2. The summed E-state index contributed by atoms with van der Waals surface area (Å²) in [6.45, 7) is 2.37. The van der Waals surface area contributed by atoms with Crippen LogP contribution in [0.1, 0.15) is 128 Å². The Morgan fingerprint density at radius 2 is 1.02 bits per heavy atom. The lowest BCUT2D eigenvalue weighted by Crippen LogP contribution is -2.49. The van der Waals surface area contributed by atoms with Crippen LogP contribution in [0.25, 0.3) is 11.1 Å². The second kappa shape index (κ2) is 24.7. The first-order valence-electron chi connectivity index (χ1n) is 23.9. The number of alkyl carbamates (subject to hydrolysis) is 1. The minimum absolute atomic E-state index is 0.0294. The Hall–Kier alpha value is -6.24. The maximum Gasteiger partial charge on any atom is 0.407 e. The molecule has 1 aliphatic carbocycles. The molecule has 0 saturated heterocycles. The van der Waals surface area contributed by atoms with E-state index in [1.807, 2.05) is 103 Å². The number of hydrogen-bond donors (Lipinski definition) is 1. The van der Waals surface area contributed by atoms with E-state index in [4.69, 9.17) is 14.2 Å². The summed E-state index contributed by atoms with van der Waals surface area (Å²) in [4.78, 5) is 28.2. The summed E-state index contributed by atoms with van der Waals surface area (Å²) in [6, 6.07) is 55.1. The first-order chi connectivity index (χ1) is 32.1. The van der Waals surface area contributed by atoms with Crippen LogP contribution < -0.4 is 5.32 Å². The van der Waals surface area contributed by atoms with Crippen molar-refractivity contribution in [3.05, 3.63) is 215 Å². The third kappa shape index (κ3) is 12.5. The Labute approximate surface area is 387 Å². The number of ether oxygens (including phenoxy) is 3. The van der Waals surface area contributed by atoms with Gasteiger partial charge in [0, 0.05) is 5.92 Å². The number of benzene rings is 6. The van der Waals surface area contributed by atoms with E-state index in [0.717, 1.165) is 58.2 Å².